The first-order valence-electron chi connectivity index (χ1n) is 6.30. The topological polar surface area (TPSA) is 21.3 Å². The molecule has 17 heavy (non-hydrogen) atoms. The van der Waals surface area contributed by atoms with Crippen LogP contribution in [0.4, 0.5) is 0 Å². The van der Waals surface area contributed by atoms with Gasteiger partial charge in [-0.15, -0.1) is 0 Å². The predicted octanol–water partition coefficient (Wildman–Crippen LogP) is 0.759. The summed E-state index contributed by atoms with van der Waals surface area (Å²) in [6, 6.07) is 4.49. The van der Waals surface area contributed by atoms with Crippen molar-refractivity contribution in [1.82, 2.24) is 5.32 Å². The van der Waals surface area contributed by atoms with Crippen molar-refractivity contribution in [2.45, 2.75) is 19.3 Å². The average molecular weight is 229 g/mol. The maximum Gasteiger partial charge on any atom is 0.144 e. The highest BCUT2D eigenvalue weighted by Gasteiger charge is 2.16. The van der Waals surface area contributed by atoms with E-state index >= 15 is 0 Å². The van der Waals surface area contributed by atoms with E-state index < -0.39 is 0 Å². The number of benzene rings is 1. The molecular weight excluding hydrogens is 209 g/mol. The standard InChI is InChI=1S/C14H20BNO/c1-3-6-17-14-7-11-4-5-16-9-10(2)12(11)8-13(14)15/h3,7-8,10,16H,1,4-6,9,15H2,2H3. The number of nitrogens with one attached hydrogen (secondary N) is 1. The van der Waals surface area contributed by atoms with Crippen molar-refractivity contribution in [1.29, 1.82) is 0 Å². The fourth-order valence-electron chi connectivity index (χ4n) is 2.38. The lowest BCUT2D eigenvalue weighted by Gasteiger charge is -2.16. The number of ether oxygens (including phenoxy) is 1. The van der Waals surface area contributed by atoms with Gasteiger partial charge in [0.15, 0.2) is 0 Å². The van der Waals surface area contributed by atoms with Gasteiger partial charge >= 0.3 is 0 Å². The van der Waals surface area contributed by atoms with Gasteiger partial charge in [-0.3, -0.25) is 0 Å². The molecule has 0 amide bonds. The van der Waals surface area contributed by atoms with Crippen LogP contribution in [0.15, 0.2) is 24.8 Å². The molecule has 1 aliphatic rings. The summed E-state index contributed by atoms with van der Waals surface area (Å²) in [6.45, 7) is 8.67. The summed E-state index contributed by atoms with van der Waals surface area (Å²) in [5, 5.41) is 3.47. The minimum atomic E-state index is 0.577. The normalized spacial score (nSPS) is 19.2. The zero-order valence-electron chi connectivity index (χ0n) is 10.8. The molecule has 0 bridgehead atoms. The van der Waals surface area contributed by atoms with Crippen LogP contribution in [-0.2, 0) is 6.42 Å². The van der Waals surface area contributed by atoms with Gasteiger partial charge in [-0.1, -0.05) is 25.6 Å². The summed E-state index contributed by atoms with van der Waals surface area (Å²) in [5.41, 5.74) is 4.12. The third kappa shape index (κ3) is 2.72. The molecule has 1 aliphatic heterocycles. The van der Waals surface area contributed by atoms with Crippen molar-refractivity contribution < 1.29 is 4.74 Å². The van der Waals surface area contributed by atoms with Gasteiger partial charge in [-0.05, 0) is 41.5 Å². The molecule has 1 heterocycles. The van der Waals surface area contributed by atoms with Crippen LogP contribution in [0.3, 0.4) is 0 Å². The molecule has 0 radical (unpaired) electrons. The Hall–Kier alpha value is -1.22. The van der Waals surface area contributed by atoms with Crippen LogP contribution in [-0.4, -0.2) is 27.5 Å². The molecule has 90 valence electrons. The van der Waals surface area contributed by atoms with Gasteiger partial charge in [-0.2, -0.15) is 0 Å². The molecule has 1 unspecified atom stereocenters. The van der Waals surface area contributed by atoms with E-state index in [0.29, 0.717) is 12.5 Å². The monoisotopic (exact) mass is 229 g/mol. The Morgan fingerprint density at radius 1 is 1.59 bits per heavy atom. The highest BCUT2D eigenvalue weighted by Crippen LogP contribution is 2.24. The lowest BCUT2D eigenvalue weighted by molar-refractivity contribution is 0.365. The van der Waals surface area contributed by atoms with Crippen molar-refractivity contribution >= 4 is 13.3 Å². The van der Waals surface area contributed by atoms with Crippen molar-refractivity contribution in [2.75, 3.05) is 19.7 Å². The molecule has 3 heteroatoms. The molecular formula is C14H20BNO. The highest BCUT2D eigenvalue weighted by atomic mass is 16.5. The van der Waals surface area contributed by atoms with Crippen LogP contribution in [0.2, 0.25) is 0 Å². The molecule has 1 N–H and O–H groups in total. The summed E-state index contributed by atoms with van der Waals surface area (Å²) < 4.78 is 5.69. The summed E-state index contributed by atoms with van der Waals surface area (Å²) in [4.78, 5) is 0. The van der Waals surface area contributed by atoms with Gasteiger partial charge in [0.05, 0.1) is 0 Å². The van der Waals surface area contributed by atoms with Gasteiger partial charge in [-0.25, -0.2) is 0 Å². The Bertz CT molecular complexity index is 417. The SMILES string of the molecule is Bc1cc2c(cc1OCC=C)CCNCC2C. The zero-order valence-corrected chi connectivity index (χ0v) is 10.8. The summed E-state index contributed by atoms with van der Waals surface area (Å²) in [7, 11) is 2.11. The number of rotatable bonds is 3. The molecule has 2 nitrogen and oxygen atoms in total. The second-order valence-electron chi connectivity index (χ2n) is 4.77. The van der Waals surface area contributed by atoms with E-state index in [0.717, 1.165) is 25.3 Å². The molecule has 0 fully saturated rings. The zero-order chi connectivity index (χ0) is 12.3. The maximum atomic E-state index is 5.69. The number of hydrogen-bond acceptors (Lipinski definition) is 2. The van der Waals surface area contributed by atoms with E-state index in [-0.39, 0.29) is 0 Å². The number of fused-ring (bicyclic) bond motifs is 1. The van der Waals surface area contributed by atoms with Crippen molar-refractivity contribution in [3.05, 3.63) is 35.9 Å². The first-order valence-corrected chi connectivity index (χ1v) is 6.30. The fourth-order valence-corrected chi connectivity index (χ4v) is 2.38. The van der Waals surface area contributed by atoms with Crippen molar-refractivity contribution in [2.24, 2.45) is 0 Å². The minimum Gasteiger partial charge on any atom is -0.490 e. The lowest BCUT2D eigenvalue weighted by Crippen LogP contribution is -2.18. The lowest BCUT2D eigenvalue weighted by atomic mass is 9.86. The van der Waals surface area contributed by atoms with E-state index in [2.05, 4.69) is 38.8 Å². The first kappa shape index (κ1) is 12.2. The average Bonchev–Trinajstić information content (AvgIpc) is 2.49. The van der Waals surface area contributed by atoms with Crippen LogP contribution >= 0.6 is 0 Å². The van der Waals surface area contributed by atoms with E-state index in [9.17, 15) is 0 Å². The molecule has 0 aliphatic carbocycles. The van der Waals surface area contributed by atoms with Gasteiger partial charge in [0.2, 0.25) is 0 Å². The minimum absolute atomic E-state index is 0.577. The van der Waals surface area contributed by atoms with Crippen LogP contribution < -0.4 is 15.5 Å². The third-order valence-corrected chi connectivity index (χ3v) is 3.35. The predicted molar refractivity (Wildman–Crippen MR) is 75.3 cm³/mol. The number of hydrogen-bond donors (Lipinski definition) is 1. The molecule has 0 saturated carbocycles. The van der Waals surface area contributed by atoms with E-state index in [1.165, 1.54) is 16.6 Å². The van der Waals surface area contributed by atoms with Crippen LogP contribution in [0, 0.1) is 0 Å². The molecule has 0 spiro atoms. The summed E-state index contributed by atoms with van der Waals surface area (Å²) >= 11 is 0. The Balaban J connectivity index is 2.33. The molecule has 1 aromatic carbocycles. The van der Waals surface area contributed by atoms with Crippen LogP contribution in [0.1, 0.15) is 24.0 Å². The van der Waals surface area contributed by atoms with E-state index in [1.807, 2.05) is 0 Å². The largest absolute Gasteiger partial charge is 0.490 e. The Morgan fingerprint density at radius 2 is 2.41 bits per heavy atom. The quantitative estimate of drug-likeness (QED) is 0.610. The van der Waals surface area contributed by atoms with Crippen molar-refractivity contribution in [3.8, 4) is 5.75 Å². The van der Waals surface area contributed by atoms with Crippen molar-refractivity contribution in [3.63, 3.8) is 0 Å². The molecule has 0 saturated heterocycles. The summed E-state index contributed by atoms with van der Waals surface area (Å²) in [5.74, 6) is 1.58. The van der Waals surface area contributed by atoms with Gasteiger partial charge < -0.3 is 10.1 Å². The smallest absolute Gasteiger partial charge is 0.144 e. The Morgan fingerprint density at radius 3 is 3.18 bits per heavy atom. The second-order valence-corrected chi connectivity index (χ2v) is 4.77. The third-order valence-electron chi connectivity index (χ3n) is 3.35. The Labute approximate surface area is 104 Å². The molecule has 1 aromatic rings. The maximum absolute atomic E-state index is 5.69. The van der Waals surface area contributed by atoms with Gasteiger partial charge in [0, 0.05) is 6.54 Å². The molecule has 1 atom stereocenters. The van der Waals surface area contributed by atoms with Gasteiger partial charge in [0.25, 0.3) is 0 Å². The van der Waals surface area contributed by atoms with Crippen LogP contribution in [0.5, 0.6) is 5.75 Å². The molecule has 0 aromatic heterocycles. The van der Waals surface area contributed by atoms with E-state index in [4.69, 9.17) is 4.74 Å². The highest BCUT2D eigenvalue weighted by molar-refractivity contribution is 6.34. The Kier molecular flexibility index (Phi) is 3.90. The van der Waals surface area contributed by atoms with Crippen LogP contribution in [0.25, 0.3) is 0 Å². The summed E-state index contributed by atoms with van der Waals surface area (Å²) in [6.07, 6.45) is 2.87. The fraction of sp³-hybridized carbons (Fsp3) is 0.429. The molecule has 2 rings (SSSR count). The first-order chi connectivity index (χ1) is 8.22. The van der Waals surface area contributed by atoms with E-state index in [1.54, 1.807) is 6.08 Å². The second kappa shape index (κ2) is 5.41. The van der Waals surface area contributed by atoms with Gasteiger partial charge in [0.1, 0.15) is 20.2 Å².